The molecule has 2 rings (SSSR count). The lowest BCUT2D eigenvalue weighted by atomic mass is 10.0. The van der Waals surface area contributed by atoms with Gasteiger partial charge in [0, 0.05) is 17.3 Å². The maximum Gasteiger partial charge on any atom is 0.115 e. The van der Waals surface area contributed by atoms with Crippen LogP contribution in [0, 0.1) is 5.92 Å². The van der Waals surface area contributed by atoms with Crippen molar-refractivity contribution in [2.75, 3.05) is 6.54 Å². The van der Waals surface area contributed by atoms with Crippen molar-refractivity contribution in [2.45, 2.75) is 23.8 Å². The third-order valence-electron chi connectivity index (χ3n) is 2.33. The molecule has 2 aliphatic rings. The van der Waals surface area contributed by atoms with Gasteiger partial charge in [-0.1, -0.05) is 22.0 Å². The van der Waals surface area contributed by atoms with Crippen LogP contribution in [0.1, 0.15) is 12.8 Å². The summed E-state index contributed by atoms with van der Waals surface area (Å²) < 4.78 is 5.68. The normalized spacial score (nSPS) is 32.9. The monoisotopic (exact) mass is 243 g/mol. The summed E-state index contributed by atoms with van der Waals surface area (Å²) in [6, 6.07) is 0. The Morgan fingerprint density at radius 2 is 2.31 bits per heavy atom. The van der Waals surface area contributed by atoms with E-state index in [1.807, 2.05) is 6.08 Å². The molecule has 1 saturated carbocycles. The summed E-state index contributed by atoms with van der Waals surface area (Å²) in [6.07, 6.45) is 9.14. The lowest BCUT2D eigenvalue weighted by Crippen LogP contribution is -2.23. The Bertz CT molecular complexity index is 245. The number of alkyl halides is 1. The van der Waals surface area contributed by atoms with Crippen LogP contribution in [-0.4, -0.2) is 17.5 Å². The largest absolute Gasteiger partial charge is 0.491 e. The van der Waals surface area contributed by atoms with Crippen molar-refractivity contribution in [3.05, 3.63) is 24.0 Å². The molecule has 0 heterocycles. The van der Waals surface area contributed by atoms with Crippen LogP contribution in [0.3, 0.4) is 0 Å². The molecule has 0 aromatic heterocycles. The van der Waals surface area contributed by atoms with Crippen molar-refractivity contribution >= 4 is 15.9 Å². The van der Waals surface area contributed by atoms with Crippen molar-refractivity contribution in [1.29, 1.82) is 0 Å². The second-order valence-corrected chi connectivity index (χ2v) is 4.65. The van der Waals surface area contributed by atoms with Crippen molar-refractivity contribution in [3.63, 3.8) is 0 Å². The number of allylic oxidation sites excluding steroid dienone is 2. The zero-order chi connectivity index (χ0) is 9.26. The van der Waals surface area contributed by atoms with Crippen LogP contribution in [0.25, 0.3) is 0 Å². The SMILES string of the molecule is NCC1C=C(OC2CC2)C=CC1Br. The molecule has 0 radical (unpaired) electrons. The number of halogens is 1. The second-order valence-electron chi connectivity index (χ2n) is 3.59. The number of rotatable bonds is 3. The zero-order valence-electron chi connectivity index (χ0n) is 7.45. The number of hydrogen-bond acceptors (Lipinski definition) is 2. The molecular formula is C10H14BrNO. The Hall–Kier alpha value is -0.280. The minimum atomic E-state index is 0.365. The molecule has 1 fully saturated rings. The minimum Gasteiger partial charge on any atom is -0.491 e. The first-order chi connectivity index (χ1) is 6.29. The predicted octanol–water partition coefficient (Wildman–Crippen LogP) is 1.96. The fourth-order valence-corrected chi connectivity index (χ4v) is 1.86. The number of hydrogen-bond donors (Lipinski definition) is 1. The maximum absolute atomic E-state index is 5.68. The van der Waals surface area contributed by atoms with Gasteiger partial charge in [0.05, 0.1) is 6.10 Å². The van der Waals surface area contributed by atoms with Gasteiger partial charge in [-0.05, 0) is 25.0 Å². The molecule has 0 aromatic carbocycles. The van der Waals surface area contributed by atoms with Crippen LogP contribution < -0.4 is 5.73 Å². The van der Waals surface area contributed by atoms with Crippen LogP contribution in [-0.2, 0) is 4.74 Å². The molecule has 2 nitrogen and oxygen atoms in total. The van der Waals surface area contributed by atoms with E-state index in [1.165, 1.54) is 12.8 Å². The molecule has 0 amide bonds. The lowest BCUT2D eigenvalue weighted by molar-refractivity contribution is 0.205. The summed E-state index contributed by atoms with van der Waals surface area (Å²) in [5, 5.41) is 0. The van der Waals surface area contributed by atoms with Crippen molar-refractivity contribution in [3.8, 4) is 0 Å². The zero-order valence-corrected chi connectivity index (χ0v) is 9.03. The first-order valence-electron chi connectivity index (χ1n) is 4.70. The molecule has 0 aromatic rings. The van der Waals surface area contributed by atoms with Gasteiger partial charge in [-0.15, -0.1) is 0 Å². The van der Waals surface area contributed by atoms with E-state index in [2.05, 4.69) is 28.1 Å². The van der Waals surface area contributed by atoms with Crippen LogP contribution in [0.2, 0.25) is 0 Å². The molecule has 0 bridgehead atoms. The van der Waals surface area contributed by atoms with Crippen molar-refractivity contribution in [1.82, 2.24) is 0 Å². The van der Waals surface area contributed by atoms with Crippen LogP contribution in [0.15, 0.2) is 24.0 Å². The average Bonchev–Trinajstić information content (AvgIpc) is 2.92. The summed E-state index contributed by atoms with van der Waals surface area (Å²) in [5.41, 5.74) is 5.64. The Labute approximate surface area is 87.0 Å². The highest BCUT2D eigenvalue weighted by molar-refractivity contribution is 9.09. The fourth-order valence-electron chi connectivity index (χ4n) is 1.34. The summed E-state index contributed by atoms with van der Waals surface area (Å²) >= 11 is 3.56. The highest BCUT2D eigenvalue weighted by Crippen LogP contribution is 2.30. The average molecular weight is 244 g/mol. The molecule has 0 spiro atoms. The molecule has 3 heteroatoms. The highest BCUT2D eigenvalue weighted by atomic mass is 79.9. The molecule has 2 N–H and O–H groups in total. The van der Waals surface area contributed by atoms with Gasteiger partial charge in [0.2, 0.25) is 0 Å². The van der Waals surface area contributed by atoms with Gasteiger partial charge in [-0.25, -0.2) is 0 Å². The van der Waals surface area contributed by atoms with Crippen LogP contribution in [0.4, 0.5) is 0 Å². The van der Waals surface area contributed by atoms with E-state index in [4.69, 9.17) is 10.5 Å². The third kappa shape index (κ3) is 2.35. The second kappa shape index (κ2) is 3.84. The fraction of sp³-hybridized carbons (Fsp3) is 0.600. The van der Waals surface area contributed by atoms with Gasteiger partial charge in [-0.3, -0.25) is 0 Å². The van der Waals surface area contributed by atoms with Crippen molar-refractivity contribution in [2.24, 2.45) is 11.7 Å². The molecule has 72 valence electrons. The van der Waals surface area contributed by atoms with Gasteiger partial charge >= 0.3 is 0 Å². The van der Waals surface area contributed by atoms with Gasteiger partial charge in [0.1, 0.15) is 5.76 Å². The molecule has 0 aliphatic heterocycles. The summed E-state index contributed by atoms with van der Waals surface area (Å²) in [6.45, 7) is 0.664. The molecule has 2 atom stereocenters. The molecule has 2 aliphatic carbocycles. The number of ether oxygens (including phenoxy) is 1. The molecule has 13 heavy (non-hydrogen) atoms. The van der Waals surface area contributed by atoms with E-state index in [0.29, 0.717) is 23.4 Å². The van der Waals surface area contributed by atoms with E-state index in [9.17, 15) is 0 Å². The first kappa shape index (κ1) is 9.28. The predicted molar refractivity (Wildman–Crippen MR) is 56.6 cm³/mol. The molecule has 0 saturated heterocycles. The maximum atomic E-state index is 5.68. The van der Waals surface area contributed by atoms with E-state index < -0.39 is 0 Å². The van der Waals surface area contributed by atoms with Crippen LogP contribution in [0.5, 0.6) is 0 Å². The van der Waals surface area contributed by atoms with Crippen molar-refractivity contribution < 1.29 is 4.74 Å². The lowest BCUT2D eigenvalue weighted by Gasteiger charge is -2.20. The topological polar surface area (TPSA) is 35.2 Å². The minimum absolute atomic E-state index is 0.365. The Balaban J connectivity index is 1.98. The smallest absolute Gasteiger partial charge is 0.115 e. The van der Waals surface area contributed by atoms with Gasteiger partial charge in [-0.2, -0.15) is 0 Å². The highest BCUT2D eigenvalue weighted by Gasteiger charge is 2.25. The van der Waals surface area contributed by atoms with E-state index >= 15 is 0 Å². The van der Waals surface area contributed by atoms with Crippen LogP contribution >= 0.6 is 15.9 Å². The van der Waals surface area contributed by atoms with Gasteiger partial charge in [0.15, 0.2) is 0 Å². The quantitative estimate of drug-likeness (QED) is 0.770. The number of nitrogens with two attached hydrogens (primary N) is 1. The Morgan fingerprint density at radius 1 is 1.54 bits per heavy atom. The van der Waals surface area contributed by atoms with E-state index in [1.54, 1.807) is 0 Å². The summed E-state index contributed by atoms with van der Waals surface area (Å²) in [5.74, 6) is 1.37. The Kier molecular flexibility index (Phi) is 2.74. The van der Waals surface area contributed by atoms with E-state index in [0.717, 1.165) is 5.76 Å². The Morgan fingerprint density at radius 3 is 2.92 bits per heavy atom. The first-order valence-corrected chi connectivity index (χ1v) is 5.62. The van der Waals surface area contributed by atoms with Gasteiger partial charge in [0.25, 0.3) is 0 Å². The van der Waals surface area contributed by atoms with E-state index in [-0.39, 0.29) is 0 Å². The standard InChI is InChI=1S/C10H14BrNO/c11-10-4-3-9(5-7(10)6-12)13-8-1-2-8/h3-5,7-8,10H,1-2,6,12H2. The van der Waals surface area contributed by atoms with Gasteiger partial charge < -0.3 is 10.5 Å². The summed E-state index contributed by atoms with van der Waals surface area (Å²) in [7, 11) is 0. The third-order valence-corrected chi connectivity index (χ3v) is 3.32. The molecule has 2 unspecified atom stereocenters. The molecular weight excluding hydrogens is 230 g/mol. The summed E-state index contributed by atoms with van der Waals surface area (Å²) in [4.78, 5) is 0.365.